The molecule has 25 heavy (non-hydrogen) atoms. The van der Waals surface area contributed by atoms with Gasteiger partial charge in [0.1, 0.15) is 5.82 Å². The molecule has 0 aliphatic carbocycles. The van der Waals surface area contributed by atoms with Gasteiger partial charge in [-0.25, -0.2) is 8.42 Å². The lowest BCUT2D eigenvalue weighted by Gasteiger charge is -2.24. The van der Waals surface area contributed by atoms with Crippen LogP contribution in [0, 0.1) is 0 Å². The van der Waals surface area contributed by atoms with Crippen LogP contribution in [0.1, 0.15) is 43.5 Å². The molecule has 2 saturated heterocycles. The van der Waals surface area contributed by atoms with Crippen LogP contribution in [0.15, 0.2) is 30.3 Å². The van der Waals surface area contributed by atoms with Crippen molar-refractivity contribution in [2.75, 3.05) is 23.0 Å². The summed E-state index contributed by atoms with van der Waals surface area (Å²) in [6.07, 6.45) is 2.96. The number of aromatic nitrogens is 3. The van der Waals surface area contributed by atoms with Crippen LogP contribution in [-0.4, -0.2) is 47.3 Å². The van der Waals surface area contributed by atoms with Gasteiger partial charge in [0.25, 0.3) is 0 Å². The zero-order valence-corrected chi connectivity index (χ0v) is 15.3. The molecule has 0 spiro atoms. The van der Waals surface area contributed by atoms with Gasteiger partial charge in [-0.1, -0.05) is 30.3 Å². The van der Waals surface area contributed by atoms with Crippen LogP contribution in [0.25, 0.3) is 0 Å². The fraction of sp³-hybridized carbons (Fsp3) is 0.556. The van der Waals surface area contributed by atoms with Gasteiger partial charge >= 0.3 is 0 Å². The average molecular weight is 360 g/mol. The summed E-state index contributed by atoms with van der Waals surface area (Å²) in [6.45, 7) is 3.88. The van der Waals surface area contributed by atoms with Gasteiger partial charge in [0.2, 0.25) is 5.95 Å². The zero-order chi connectivity index (χ0) is 17.4. The van der Waals surface area contributed by atoms with Gasteiger partial charge in [-0.2, -0.15) is 0 Å². The molecule has 0 amide bonds. The van der Waals surface area contributed by atoms with Crippen molar-refractivity contribution in [2.45, 2.75) is 44.7 Å². The second kappa shape index (κ2) is 6.44. The maximum Gasteiger partial charge on any atom is 0.227 e. The van der Waals surface area contributed by atoms with Crippen molar-refractivity contribution in [1.82, 2.24) is 14.8 Å². The molecule has 0 saturated carbocycles. The van der Waals surface area contributed by atoms with E-state index in [-0.39, 0.29) is 17.4 Å². The van der Waals surface area contributed by atoms with E-state index in [0.29, 0.717) is 19.0 Å². The molecule has 6 nitrogen and oxygen atoms in total. The fourth-order valence-corrected chi connectivity index (χ4v) is 5.71. The van der Waals surface area contributed by atoms with Gasteiger partial charge in [-0.3, -0.25) is 4.57 Å². The maximum atomic E-state index is 11.9. The minimum atomic E-state index is -2.95. The molecule has 0 radical (unpaired) electrons. The quantitative estimate of drug-likeness (QED) is 0.836. The number of nitrogens with zero attached hydrogens (tertiary/aromatic N) is 4. The van der Waals surface area contributed by atoms with Crippen LogP contribution in [0.2, 0.25) is 0 Å². The third-order valence-corrected chi connectivity index (χ3v) is 7.12. The third-order valence-electron chi connectivity index (χ3n) is 5.35. The lowest BCUT2D eigenvalue weighted by atomic mass is 10.1. The SMILES string of the molecule is CC1CCCN1c1nnc(C2CCS(=O)(=O)C2)n1Cc1ccccc1. The normalized spacial score (nSPS) is 25.6. The molecule has 2 atom stereocenters. The van der Waals surface area contributed by atoms with Gasteiger partial charge in [0.05, 0.1) is 18.1 Å². The van der Waals surface area contributed by atoms with Gasteiger partial charge in [0.15, 0.2) is 9.84 Å². The van der Waals surface area contributed by atoms with Crippen molar-refractivity contribution in [3.05, 3.63) is 41.7 Å². The Morgan fingerprint density at radius 1 is 1.16 bits per heavy atom. The van der Waals surface area contributed by atoms with Crippen molar-refractivity contribution >= 4 is 15.8 Å². The first kappa shape index (κ1) is 16.6. The Morgan fingerprint density at radius 3 is 2.60 bits per heavy atom. The minimum Gasteiger partial charge on any atom is -0.338 e. The number of hydrogen-bond donors (Lipinski definition) is 0. The highest BCUT2D eigenvalue weighted by atomic mass is 32.2. The smallest absolute Gasteiger partial charge is 0.227 e. The average Bonchev–Trinajstić information content (AvgIpc) is 3.27. The predicted octanol–water partition coefficient (Wildman–Crippen LogP) is 2.22. The van der Waals surface area contributed by atoms with Gasteiger partial charge < -0.3 is 4.90 Å². The largest absolute Gasteiger partial charge is 0.338 e. The topological polar surface area (TPSA) is 68.1 Å². The Hall–Kier alpha value is -1.89. The van der Waals surface area contributed by atoms with Crippen molar-refractivity contribution in [3.8, 4) is 0 Å². The van der Waals surface area contributed by atoms with Crippen LogP contribution < -0.4 is 4.90 Å². The minimum absolute atomic E-state index is 0.0483. The molecule has 2 aromatic rings. The third kappa shape index (κ3) is 3.29. The first-order valence-electron chi connectivity index (χ1n) is 8.97. The second-order valence-corrected chi connectivity index (χ2v) is 9.44. The van der Waals surface area contributed by atoms with Crippen molar-refractivity contribution in [3.63, 3.8) is 0 Å². The van der Waals surface area contributed by atoms with E-state index in [4.69, 9.17) is 0 Å². The first-order valence-corrected chi connectivity index (χ1v) is 10.8. The number of hydrogen-bond acceptors (Lipinski definition) is 5. The summed E-state index contributed by atoms with van der Waals surface area (Å²) in [7, 11) is -2.95. The summed E-state index contributed by atoms with van der Waals surface area (Å²) < 4.78 is 26.0. The molecular formula is C18H24N4O2S. The highest BCUT2D eigenvalue weighted by Gasteiger charge is 2.35. The van der Waals surface area contributed by atoms with E-state index in [1.807, 2.05) is 18.2 Å². The van der Waals surface area contributed by atoms with E-state index >= 15 is 0 Å². The zero-order valence-electron chi connectivity index (χ0n) is 14.5. The summed E-state index contributed by atoms with van der Waals surface area (Å²) in [6, 6.07) is 10.7. The molecule has 2 unspecified atom stereocenters. The molecule has 2 aliphatic rings. The summed E-state index contributed by atoms with van der Waals surface area (Å²) in [4.78, 5) is 2.31. The molecule has 2 fully saturated rings. The monoisotopic (exact) mass is 360 g/mol. The number of benzene rings is 1. The van der Waals surface area contributed by atoms with E-state index in [1.54, 1.807) is 0 Å². The van der Waals surface area contributed by atoms with Gasteiger partial charge in [0, 0.05) is 18.5 Å². The van der Waals surface area contributed by atoms with Crippen LogP contribution >= 0.6 is 0 Å². The Bertz CT molecular complexity index is 847. The van der Waals surface area contributed by atoms with Gasteiger partial charge in [-0.05, 0) is 31.7 Å². The van der Waals surface area contributed by atoms with E-state index < -0.39 is 9.84 Å². The van der Waals surface area contributed by atoms with Crippen LogP contribution in [0.3, 0.4) is 0 Å². The highest BCUT2D eigenvalue weighted by molar-refractivity contribution is 7.91. The molecule has 0 bridgehead atoms. The second-order valence-electron chi connectivity index (χ2n) is 7.21. The van der Waals surface area contributed by atoms with Crippen molar-refractivity contribution in [2.24, 2.45) is 0 Å². The molecule has 1 aromatic heterocycles. The molecule has 1 aromatic carbocycles. The van der Waals surface area contributed by atoms with Crippen LogP contribution in [0.5, 0.6) is 0 Å². The first-order chi connectivity index (χ1) is 12.0. The Kier molecular flexibility index (Phi) is 4.27. The van der Waals surface area contributed by atoms with Crippen LogP contribution in [0.4, 0.5) is 5.95 Å². The highest BCUT2D eigenvalue weighted by Crippen LogP contribution is 2.32. The lowest BCUT2D eigenvalue weighted by molar-refractivity contribution is 0.598. The molecule has 4 rings (SSSR count). The Morgan fingerprint density at radius 2 is 1.96 bits per heavy atom. The Labute approximate surface area is 148 Å². The van der Waals surface area contributed by atoms with E-state index in [0.717, 1.165) is 31.2 Å². The Balaban J connectivity index is 1.72. The van der Waals surface area contributed by atoms with Crippen molar-refractivity contribution in [1.29, 1.82) is 0 Å². The predicted molar refractivity (Wildman–Crippen MR) is 97.6 cm³/mol. The van der Waals surface area contributed by atoms with E-state index in [1.165, 1.54) is 5.56 Å². The maximum absolute atomic E-state index is 11.9. The molecule has 0 N–H and O–H groups in total. The van der Waals surface area contributed by atoms with E-state index in [2.05, 4.69) is 38.7 Å². The molecular weight excluding hydrogens is 336 g/mol. The summed E-state index contributed by atoms with van der Waals surface area (Å²) in [5.74, 6) is 2.10. The standard InChI is InChI=1S/C18H24N4O2S/c1-14-6-5-10-21(14)18-20-19-17(16-9-11-25(23,24)13-16)22(18)12-15-7-3-2-4-8-15/h2-4,7-8,14,16H,5-6,9-13H2,1H3. The number of sulfone groups is 1. The van der Waals surface area contributed by atoms with E-state index in [9.17, 15) is 8.42 Å². The lowest BCUT2D eigenvalue weighted by Crippen LogP contribution is -2.30. The van der Waals surface area contributed by atoms with Gasteiger partial charge in [-0.15, -0.1) is 10.2 Å². The summed E-state index contributed by atoms with van der Waals surface area (Å²) in [5.41, 5.74) is 1.18. The summed E-state index contributed by atoms with van der Waals surface area (Å²) >= 11 is 0. The molecule has 7 heteroatoms. The van der Waals surface area contributed by atoms with Crippen LogP contribution in [-0.2, 0) is 16.4 Å². The number of anilines is 1. The molecule has 2 aliphatic heterocycles. The molecule has 134 valence electrons. The molecule has 3 heterocycles. The fourth-order valence-electron chi connectivity index (χ4n) is 3.97. The van der Waals surface area contributed by atoms with Crippen molar-refractivity contribution < 1.29 is 8.42 Å². The number of rotatable bonds is 4. The summed E-state index contributed by atoms with van der Waals surface area (Å²) in [5, 5.41) is 8.93.